The predicted molar refractivity (Wildman–Crippen MR) is 88.1 cm³/mol. The molecule has 116 valence electrons. The molecule has 0 aliphatic heterocycles. The number of phenols is 1. The molecule has 0 amide bonds. The molecule has 0 radical (unpaired) electrons. The van der Waals surface area contributed by atoms with Crippen LogP contribution in [0.2, 0.25) is 0 Å². The van der Waals surface area contributed by atoms with Crippen LogP contribution >= 0.6 is 0 Å². The molecule has 0 saturated carbocycles. The third kappa shape index (κ3) is 4.71. The zero-order valence-electron chi connectivity index (χ0n) is 12.7. The van der Waals surface area contributed by atoms with Gasteiger partial charge < -0.3 is 10.2 Å². The molecule has 0 saturated heterocycles. The van der Waals surface area contributed by atoms with Crippen molar-refractivity contribution in [2.45, 2.75) is 32.3 Å². The summed E-state index contributed by atoms with van der Waals surface area (Å²) in [4.78, 5) is 0. The standard InChI is InChI=1S/C19H21FO2/c1-14(21)5-3-2-4-6-15-7-9-16(10-8-15)17-11-12-19(22)18(20)13-17/h4,6-14,21-22H,2-3,5H2,1H3/b6-4+. The molecule has 0 fully saturated rings. The molecule has 0 bridgehead atoms. The number of unbranched alkanes of at least 4 members (excludes halogenated alkanes) is 1. The maximum absolute atomic E-state index is 13.4. The summed E-state index contributed by atoms with van der Waals surface area (Å²) in [6.07, 6.45) is 6.63. The Balaban J connectivity index is 1.98. The molecular weight excluding hydrogens is 279 g/mol. The molecule has 2 aromatic carbocycles. The van der Waals surface area contributed by atoms with Gasteiger partial charge in [0.05, 0.1) is 6.10 Å². The van der Waals surface area contributed by atoms with E-state index in [0.29, 0.717) is 0 Å². The van der Waals surface area contributed by atoms with Crippen LogP contribution in [0.5, 0.6) is 5.75 Å². The number of rotatable bonds is 6. The lowest BCUT2D eigenvalue weighted by atomic mass is 10.0. The number of aliphatic hydroxyl groups excluding tert-OH is 1. The van der Waals surface area contributed by atoms with E-state index in [0.717, 1.165) is 36.0 Å². The third-order valence-corrected chi connectivity index (χ3v) is 3.49. The Hall–Kier alpha value is -2.13. The van der Waals surface area contributed by atoms with Gasteiger partial charge in [-0.1, -0.05) is 42.5 Å². The number of aliphatic hydroxyl groups is 1. The zero-order chi connectivity index (χ0) is 15.9. The zero-order valence-corrected chi connectivity index (χ0v) is 12.7. The maximum Gasteiger partial charge on any atom is 0.165 e. The van der Waals surface area contributed by atoms with Gasteiger partial charge in [0, 0.05) is 0 Å². The van der Waals surface area contributed by atoms with Gasteiger partial charge in [-0.05, 0) is 55.0 Å². The summed E-state index contributed by atoms with van der Waals surface area (Å²) in [7, 11) is 0. The van der Waals surface area contributed by atoms with Crippen LogP contribution in [0.4, 0.5) is 4.39 Å². The van der Waals surface area contributed by atoms with Crippen molar-refractivity contribution in [2.24, 2.45) is 0 Å². The smallest absolute Gasteiger partial charge is 0.165 e. The summed E-state index contributed by atoms with van der Waals surface area (Å²) < 4.78 is 13.4. The molecule has 0 aromatic heterocycles. The molecule has 0 spiro atoms. The first-order valence-electron chi connectivity index (χ1n) is 7.50. The summed E-state index contributed by atoms with van der Waals surface area (Å²) >= 11 is 0. The molecular formula is C19H21FO2. The van der Waals surface area contributed by atoms with Crippen molar-refractivity contribution in [3.8, 4) is 16.9 Å². The molecule has 2 rings (SSSR count). The van der Waals surface area contributed by atoms with Gasteiger partial charge in [-0.3, -0.25) is 0 Å². The van der Waals surface area contributed by atoms with Crippen molar-refractivity contribution < 1.29 is 14.6 Å². The highest BCUT2D eigenvalue weighted by molar-refractivity contribution is 5.66. The monoisotopic (exact) mass is 300 g/mol. The van der Waals surface area contributed by atoms with Crippen LogP contribution in [-0.4, -0.2) is 16.3 Å². The third-order valence-electron chi connectivity index (χ3n) is 3.49. The first kappa shape index (κ1) is 16.2. The Morgan fingerprint density at radius 1 is 1.09 bits per heavy atom. The SMILES string of the molecule is CC(O)CCC/C=C/c1ccc(-c2ccc(O)c(F)c2)cc1. The van der Waals surface area contributed by atoms with E-state index in [4.69, 9.17) is 0 Å². The molecule has 22 heavy (non-hydrogen) atoms. The average Bonchev–Trinajstić information content (AvgIpc) is 2.50. The van der Waals surface area contributed by atoms with Gasteiger partial charge in [-0.25, -0.2) is 4.39 Å². The van der Waals surface area contributed by atoms with Crippen molar-refractivity contribution in [3.05, 3.63) is 59.9 Å². The average molecular weight is 300 g/mol. The molecule has 2 aromatic rings. The highest BCUT2D eigenvalue weighted by atomic mass is 19.1. The Morgan fingerprint density at radius 2 is 1.77 bits per heavy atom. The molecule has 0 heterocycles. The Bertz CT molecular complexity index is 630. The van der Waals surface area contributed by atoms with E-state index >= 15 is 0 Å². The highest BCUT2D eigenvalue weighted by Gasteiger charge is 2.03. The number of allylic oxidation sites excluding steroid dienone is 1. The van der Waals surface area contributed by atoms with E-state index in [1.807, 2.05) is 30.3 Å². The summed E-state index contributed by atoms with van der Waals surface area (Å²) in [5, 5.41) is 18.4. The topological polar surface area (TPSA) is 40.5 Å². The number of halogens is 1. The van der Waals surface area contributed by atoms with E-state index in [-0.39, 0.29) is 11.9 Å². The lowest BCUT2D eigenvalue weighted by Gasteiger charge is -2.04. The fourth-order valence-corrected chi connectivity index (χ4v) is 2.22. The number of benzene rings is 2. The molecule has 1 unspecified atom stereocenters. The summed E-state index contributed by atoms with van der Waals surface area (Å²) in [5.74, 6) is -0.944. The molecule has 3 heteroatoms. The lowest BCUT2D eigenvalue weighted by molar-refractivity contribution is 0.182. The van der Waals surface area contributed by atoms with Crippen LogP contribution in [0, 0.1) is 5.82 Å². The molecule has 0 aliphatic carbocycles. The number of phenolic OH excluding ortho intramolecular Hbond substituents is 1. The number of hydrogen-bond acceptors (Lipinski definition) is 2. The minimum atomic E-state index is -0.611. The van der Waals surface area contributed by atoms with Gasteiger partial charge in [0.25, 0.3) is 0 Å². The number of aromatic hydroxyl groups is 1. The molecule has 0 aliphatic rings. The second kappa shape index (κ2) is 7.76. The Labute approximate surface area is 130 Å². The van der Waals surface area contributed by atoms with Gasteiger partial charge in [0.1, 0.15) is 0 Å². The Morgan fingerprint density at radius 3 is 2.41 bits per heavy atom. The van der Waals surface area contributed by atoms with E-state index < -0.39 is 5.82 Å². The number of hydrogen-bond donors (Lipinski definition) is 2. The summed E-state index contributed by atoms with van der Waals surface area (Å²) in [5.41, 5.74) is 2.73. The van der Waals surface area contributed by atoms with Crippen molar-refractivity contribution in [1.82, 2.24) is 0 Å². The molecule has 2 N–H and O–H groups in total. The fraction of sp³-hybridized carbons (Fsp3) is 0.263. The predicted octanol–water partition coefficient (Wildman–Crippen LogP) is 4.76. The Kier molecular flexibility index (Phi) is 5.73. The second-order valence-electron chi connectivity index (χ2n) is 5.47. The van der Waals surface area contributed by atoms with Gasteiger partial charge >= 0.3 is 0 Å². The van der Waals surface area contributed by atoms with Gasteiger partial charge in [0.15, 0.2) is 11.6 Å². The van der Waals surface area contributed by atoms with E-state index in [1.165, 1.54) is 12.1 Å². The van der Waals surface area contributed by atoms with Gasteiger partial charge in [-0.15, -0.1) is 0 Å². The minimum absolute atomic E-state index is 0.238. The van der Waals surface area contributed by atoms with Crippen LogP contribution in [0.15, 0.2) is 48.5 Å². The summed E-state index contributed by atoms with van der Waals surface area (Å²) in [6.45, 7) is 1.80. The van der Waals surface area contributed by atoms with Crippen molar-refractivity contribution in [1.29, 1.82) is 0 Å². The first-order chi connectivity index (χ1) is 10.6. The van der Waals surface area contributed by atoms with E-state index in [1.54, 1.807) is 13.0 Å². The van der Waals surface area contributed by atoms with Crippen LogP contribution in [-0.2, 0) is 0 Å². The van der Waals surface area contributed by atoms with Crippen molar-refractivity contribution in [2.75, 3.05) is 0 Å². The second-order valence-corrected chi connectivity index (χ2v) is 5.47. The fourth-order valence-electron chi connectivity index (χ4n) is 2.22. The van der Waals surface area contributed by atoms with Crippen molar-refractivity contribution in [3.63, 3.8) is 0 Å². The van der Waals surface area contributed by atoms with Gasteiger partial charge in [0.2, 0.25) is 0 Å². The lowest BCUT2D eigenvalue weighted by Crippen LogP contribution is -1.97. The van der Waals surface area contributed by atoms with E-state index in [9.17, 15) is 14.6 Å². The van der Waals surface area contributed by atoms with Crippen LogP contribution in [0.1, 0.15) is 31.7 Å². The quantitative estimate of drug-likeness (QED) is 0.755. The van der Waals surface area contributed by atoms with E-state index in [2.05, 4.69) is 6.08 Å². The van der Waals surface area contributed by atoms with Crippen LogP contribution < -0.4 is 0 Å². The van der Waals surface area contributed by atoms with Crippen molar-refractivity contribution >= 4 is 6.08 Å². The highest BCUT2D eigenvalue weighted by Crippen LogP contribution is 2.25. The molecule has 2 nitrogen and oxygen atoms in total. The molecule has 1 atom stereocenters. The summed E-state index contributed by atoms with van der Waals surface area (Å²) in [6, 6.07) is 12.2. The first-order valence-corrected chi connectivity index (χ1v) is 7.50. The van der Waals surface area contributed by atoms with Crippen LogP contribution in [0.25, 0.3) is 17.2 Å². The normalized spacial score (nSPS) is 12.7. The largest absolute Gasteiger partial charge is 0.505 e. The minimum Gasteiger partial charge on any atom is -0.505 e. The maximum atomic E-state index is 13.4. The van der Waals surface area contributed by atoms with Gasteiger partial charge in [-0.2, -0.15) is 0 Å². The van der Waals surface area contributed by atoms with Crippen LogP contribution in [0.3, 0.4) is 0 Å².